The molecule has 0 aliphatic rings. The number of carbonyl (C=O) groups is 1. The Balaban J connectivity index is 2.88. The fourth-order valence-electron chi connectivity index (χ4n) is 1.00. The maximum Gasteiger partial charge on any atom is 0.316 e. The number of carbonyl (C=O) groups excluding carboxylic acids is 1. The van der Waals surface area contributed by atoms with Crippen LogP contribution >= 0.6 is 23.1 Å². The van der Waals surface area contributed by atoms with Gasteiger partial charge in [-0.2, -0.15) is 0 Å². The van der Waals surface area contributed by atoms with E-state index < -0.39 is 17.0 Å². The first-order valence-electron chi connectivity index (χ1n) is 4.61. The molecule has 1 aromatic heterocycles. The third-order valence-electron chi connectivity index (χ3n) is 1.86. The smallest absolute Gasteiger partial charge is 0.316 e. The van der Waals surface area contributed by atoms with Gasteiger partial charge in [0.1, 0.15) is 4.21 Å². The monoisotopic (exact) mass is 277 g/mol. The van der Waals surface area contributed by atoms with Gasteiger partial charge >= 0.3 is 5.97 Å². The number of esters is 1. The van der Waals surface area contributed by atoms with Crippen molar-refractivity contribution in [2.75, 3.05) is 12.9 Å². The number of ether oxygens (including phenoxy) is 1. The van der Waals surface area contributed by atoms with Gasteiger partial charge in [-0.15, -0.1) is 11.3 Å². The minimum Gasteiger partial charge on any atom is -0.468 e. The largest absolute Gasteiger partial charge is 0.468 e. The van der Waals surface area contributed by atoms with E-state index in [2.05, 4.69) is 4.74 Å². The van der Waals surface area contributed by atoms with Crippen molar-refractivity contribution in [1.82, 2.24) is 0 Å². The molecule has 0 fully saturated rings. The van der Waals surface area contributed by atoms with Crippen molar-refractivity contribution in [1.29, 1.82) is 0 Å². The van der Waals surface area contributed by atoms with Crippen LogP contribution in [0.2, 0.25) is 0 Å². The highest BCUT2D eigenvalue weighted by Crippen LogP contribution is 2.39. The van der Waals surface area contributed by atoms with Gasteiger partial charge in [0.05, 0.1) is 23.9 Å². The number of nitrogens with zero attached hydrogens (tertiary/aromatic N) is 1. The maximum atomic E-state index is 10.9. The van der Waals surface area contributed by atoms with Gasteiger partial charge in [0.2, 0.25) is 0 Å². The Kier molecular flexibility index (Phi) is 4.91. The second-order valence-electron chi connectivity index (χ2n) is 3.12. The molecule has 0 aromatic carbocycles. The zero-order chi connectivity index (χ0) is 13.0. The van der Waals surface area contributed by atoms with Gasteiger partial charge in [0.15, 0.2) is 0 Å². The summed E-state index contributed by atoms with van der Waals surface area (Å²) in [6.07, 6.45) is -0.758. The molecule has 1 heterocycles. The number of methoxy groups -OCH3 is 1. The SMILES string of the molecule is COC(=O)CSc1sc(C(C)O)cc1[N+](=O)[O-]. The standard InChI is InChI=1S/C9H11NO5S2/c1-5(11)7-3-6(10(13)14)9(17-7)16-4-8(12)15-2/h3,5,11H,4H2,1-2H3. The number of nitro groups is 1. The van der Waals surface area contributed by atoms with Crippen molar-refractivity contribution in [3.8, 4) is 0 Å². The number of thiophene rings is 1. The number of aliphatic hydroxyl groups is 1. The van der Waals surface area contributed by atoms with Gasteiger partial charge in [0.25, 0.3) is 5.69 Å². The van der Waals surface area contributed by atoms with Crippen LogP contribution in [0, 0.1) is 10.1 Å². The highest BCUT2D eigenvalue weighted by molar-refractivity contribution is 8.01. The van der Waals surface area contributed by atoms with E-state index in [0.717, 1.165) is 23.1 Å². The molecule has 0 saturated heterocycles. The van der Waals surface area contributed by atoms with Gasteiger partial charge in [-0.1, -0.05) is 11.8 Å². The fraction of sp³-hybridized carbons (Fsp3) is 0.444. The second kappa shape index (κ2) is 5.99. The number of hydrogen-bond acceptors (Lipinski definition) is 7. The molecule has 0 aliphatic heterocycles. The van der Waals surface area contributed by atoms with Gasteiger partial charge in [-0.25, -0.2) is 0 Å². The van der Waals surface area contributed by atoms with Crippen molar-refractivity contribution >= 4 is 34.8 Å². The van der Waals surface area contributed by atoms with Crippen LogP contribution in [0.1, 0.15) is 17.9 Å². The average molecular weight is 277 g/mol. The molecule has 0 radical (unpaired) electrons. The number of aliphatic hydroxyl groups excluding tert-OH is 1. The first-order chi connectivity index (χ1) is 7.95. The number of rotatable bonds is 5. The van der Waals surface area contributed by atoms with Crippen molar-refractivity contribution in [2.24, 2.45) is 0 Å². The van der Waals surface area contributed by atoms with Crippen LogP contribution in [-0.2, 0) is 9.53 Å². The zero-order valence-electron chi connectivity index (χ0n) is 9.21. The van der Waals surface area contributed by atoms with Crippen molar-refractivity contribution in [3.63, 3.8) is 0 Å². The van der Waals surface area contributed by atoms with E-state index in [1.165, 1.54) is 20.1 Å². The Hall–Kier alpha value is -1.12. The summed E-state index contributed by atoms with van der Waals surface area (Å²) in [4.78, 5) is 21.7. The minimum absolute atomic E-state index is 0.0110. The summed E-state index contributed by atoms with van der Waals surface area (Å²) in [6.45, 7) is 1.53. The van der Waals surface area contributed by atoms with Crippen LogP contribution in [0.15, 0.2) is 10.3 Å². The Morgan fingerprint density at radius 3 is 2.88 bits per heavy atom. The molecular formula is C9H11NO5S2. The van der Waals surface area contributed by atoms with E-state index in [4.69, 9.17) is 0 Å². The summed E-state index contributed by atoms with van der Waals surface area (Å²) in [7, 11) is 1.26. The molecule has 1 rings (SSSR count). The van der Waals surface area contributed by atoms with Crippen molar-refractivity contribution in [3.05, 3.63) is 21.1 Å². The molecule has 0 bridgehead atoms. The Morgan fingerprint density at radius 1 is 1.76 bits per heavy atom. The Labute approximate surface area is 106 Å². The molecule has 6 nitrogen and oxygen atoms in total. The molecule has 17 heavy (non-hydrogen) atoms. The summed E-state index contributed by atoms with van der Waals surface area (Å²) in [6, 6.07) is 1.33. The molecule has 0 aliphatic carbocycles. The van der Waals surface area contributed by atoms with Gasteiger partial charge < -0.3 is 9.84 Å². The Morgan fingerprint density at radius 2 is 2.41 bits per heavy atom. The quantitative estimate of drug-likeness (QED) is 0.383. The lowest BCUT2D eigenvalue weighted by Crippen LogP contribution is -2.02. The molecule has 8 heteroatoms. The first kappa shape index (κ1) is 13.9. The lowest BCUT2D eigenvalue weighted by atomic mass is 10.3. The molecule has 1 unspecified atom stereocenters. The summed E-state index contributed by atoms with van der Waals surface area (Å²) in [5.41, 5.74) is -0.0835. The third kappa shape index (κ3) is 3.69. The topological polar surface area (TPSA) is 89.7 Å². The minimum atomic E-state index is -0.758. The van der Waals surface area contributed by atoms with Crippen LogP contribution in [0.25, 0.3) is 0 Å². The lowest BCUT2D eigenvalue weighted by Gasteiger charge is -1.97. The number of thioether (sulfide) groups is 1. The fourth-order valence-corrected chi connectivity index (χ4v) is 3.14. The molecule has 94 valence electrons. The zero-order valence-corrected chi connectivity index (χ0v) is 10.8. The molecule has 1 atom stereocenters. The van der Waals surface area contributed by atoms with E-state index in [-0.39, 0.29) is 11.4 Å². The van der Waals surface area contributed by atoms with Crippen LogP contribution in [0.4, 0.5) is 5.69 Å². The summed E-state index contributed by atoms with van der Waals surface area (Å²) in [5.74, 6) is -0.437. The summed E-state index contributed by atoms with van der Waals surface area (Å²) < 4.78 is 4.85. The van der Waals surface area contributed by atoms with E-state index in [1.54, 1.807) is 0 Å². The summed E-state index contributed by atoms with van der Waals surface area (Å²) >= 11 is 2.15. The second-order valence-corrected chi connectivity index (χ2v) is 5.45. The third-order valence-corrected chi connectivity index (χ3v) is 4.40. The van der Waals surface area contributed by atoms with Crippen molar-refractivity contribution in [2.45, 2.75) is 17.2 Å². The Bertz CT molecular complexity index is 429. The summed E-state index contributed by atoms with van der Waals surface area (Å²) in [5, 5.41) is 20.1. The average Bonchev–Trinajstić information content (AvgIpc) is 2.70. The maximum absolute atomic E-state index is 10.9. The lowest BCUT2D eigenvalue weighted by molar-refractivity contribution is -0.387. The highest BCUT2D eigenvalue weighted by Gasteiger charge is 2.22. The highest BCUT2D eigenvalue weighted by atomic mass is 32.2. The van der Waals surface area contributed by atoms with Crippen molar-refractivity contribution < 1.29 is 19.6 Å². The first-order valence-corrected chi connectivity index (χ1v) is 6.41. The van der Waals surface area contributed by atoms with Crippen LogP contribution in [0.5, 0.6) is 0 Å². The van der Waals surface area contributed by atoms with Gasteiger partial charge in [-0.05, 0) is 6.92 Å². The molecular weight excluding hydrogens is 266 g/mol. The van der Waals surface area contributed by atoms with E-state index in [9.17, 15) is 20.0 Å². The van der Waals surface area contributed by atoms with Crippen LogP contribution in [-0.4, -0.2) is 28.9 Å². The predicted molar refractivity (Wildman–Crippen MR) is 64.3 cm³/mol. The van der Waals surface area contributed by atoms with Gasteiger partial charge in [-0.3, -0.25) is 14.9 Å². The molecule has 1 aromatic rings. The molecule has 0 amide bonds. The predicted octanol–water partition coefficient (Wildman–Crippen LogP) is 1.97. The van der Waals surface area contributed by atoms with Crippen LogP contribution in [0.3, 0.4) is 0 Å². The number of hydrogen-bond donors (Lipinski definition) is 1. The molecule has 0 saturated carbocycles. The normalized spacial score (nSPS) is 12.2. The van der Waals surface area contributed by atoms with Crippen LogP contribution < -0.4 is 0 Å². The van der Waals surface area contributed by atoms with Gasteiger partial charge in [0, 0.05) is 10.9 Å². The van der Waals surface area contributed by atoms with E-state index in [0.29, 0.717) is 9.09 Å². The van der Waals surface area contributed by atoms with E-state index >= 15 is 0 Å². The molecule has 0 spiro atoms. The van der Waals surface area contributed by atoms with E-state index in [1.807, 2.05) is 0 Å². The molecule has 1 N–H and O–H groups in total.